The van der Waals surface area contributed by atoms with E-state index in [1.54, 1.807) is 11.8 Å². The molecule has 0 aliphatic carbocycles. The molecule has 0 radical (unpaired) electrons. The van der Waals surface area contributed by atoms with Gasteiger partial charge in [-0.25, -0.2) is 9.97 Å². The highest BCUT2D eigenvalue weighted by Gasteiger charge is 2.06. The van der Waals surface area contributed by atoms with Gasteiger partial charge in [0.2, 0.25) is 0 Å². The third kappa shape index (κ3) is 4.06. The van der Waals surface area contributed by atoms with Gasteiger partial charge in [0.1, 0.15) is 5.82 Å². The standard InChI is InChI=1S/C14H19N3O2S/c1-2-20-14-16-12-6-4-3-5-11(12)13(17-14)15-7-9-19-10-8-18/h3-6,18H,2,7-10H2,1H3,(H,15,16,17). The molecule has 0 saturated carbocycles. The first-order chi connectivity index (χ1) is 9.85. The van der Waals surface area contributed by atoms with Crippen molar-refractivity contribution in [1.29, 1.82) is 0 Å². The third-order valence-corrected chi connectivity index (χ3v) is 3.36. The van der Waals surface area contributed by atoms with E-state index in [4.69, 9.17) is 9.84 Å². The molecule has 0 bridgehead atoms. The fourth-order valence-electron chi connectivity index (χ4n) is 1.79. The van der Waals surface area contributed by atoms with E-state index in [0.717, 1.165) is 27.6 Å². The number of thioether (sulfide) groups is 1. The number of para-hydroxylation sites is 1. The molecule has 0 amide bonds. The third-order valence-electron chi connectivity index (χ3n) is 2.63. The van der Waals surface area contributed by atoms with E-state index in [-0.39, 0.29) is 6.61 Å². The molecule has 0 spiro atoms. The molecule has 6 heteroatoms. The number of nitrogens with zero attached hydrogens (tertiary/aromatic N) is 2. The lowest BCUT2D eigenvalue weighted by atomic mass is 10.2. The topological polar surface area (TPSA) is 67.3 Å². The number of ether oxygens (including phenoxy) is 1. The molecule has 0 aliphatic heterocycles. The summed E-state index contributed by atoms with van der Waals surface area (Å²) in [5, 5.41) is 13.7. The number of aromatic nitrogens is 2. The molecule has 5 nitrogen and oxygen atoms in total. The van der Waals surface area contributed by atoms with E-state index in [1.165, 1.54) is 0 Å². The zero-order valence-electron chi connectivity index (χ0n) is 11.5. The minimum atomic E-state index is 0.0493. The largest absolute Gasteiger partial charge is 0.394 e. The van der Waals surface area contributed by atoms with Crippen molar-refractivity contribution in [3.8, 4) is 0 Å². The van der Waals surface area contributed by atoms with Gasteiger partial charge in [0, 0.05) is 11.9 Å². The summed E-state index contributed by atoms with van der Waals surface area (Å²) in [6.45, 7) is 3.68. The summed E-state index contributed by atoms with van der Waals surface area (Å²) in [5.74, 6) is 1.77. The molecule has 2 rings (SSSR count). The molecule has 0 aliphatic rings. The van der Waals surface area contributed by atoms with Gasteiger partial charge in [0.05, 0.1) is 25.3 Å². The molecule has 1 aromatic carbocycles. The molecule has 0 fully saturated rings. The second kappa shape index (κ2) is 8.04. The number of benzene rings is 1. The van der Waals surface area contributed by atoms with E-state index < -0.39 is 0 Å². The van der Waals surface area contributed by atoms with Crippen LogP contribution in [0.4, 0.5) is 5.82 Å². The molecule has 20 heavy (non-hydrogen) atoms. The van der Waals surface area contributed by atoms with E-state index in [2.05, 4.69) is 22.2 Å². The summed E-state index contributed by atoms with van der Waals surface area (Å²) in [6.07, 6.45) is 0. The number of anilines is 1. The highest BCUT2D eigenvalue weighted by molar-refractivity contribution is 7.99. The SMILES string of the molecule is CCSc1nc(NCCOCCO)c2ccccc2n1. The smallest absolute Gasteiger partial charge is 0.190 e. The Morgan fingerprint density at radius 1 is 1.25 bits per heavy atom. The van der Waals surface area contributed by atoms with Crippen molar-refractivity contribution in [3.63, 3.8) is 0 Å². The first kappa shape index (κ1) is 15.0. The van der Waals surface area contributed by atoms with Crippen molar-refractivity contribution >= 4 is 28.5 Å². The number of aliphatic hydroxyl groups is 1. The number of hydrogen-bond acceptors (Lipinski definition) is 6. The molecule has 0 unspecified atom stereocenters. The van der Waals surface area contributed by atoms with Crippen molar-refractivity contribution in [2.24, 2.45) is 0 Å². The van der Waals surface area contributed by atoms with Gasteiger partial charge in [-0.05, 0) is 17.9 Å². The number of hydrogen-bond donors (Lipinski definition) is 2. The maximum absolute atomic E-state index is 8.65. The molecule has 0 atom stereocenters. The first-order valence-corrected chi connectivity index (χ1v) is 7.65. The molecule has 2 N–H and O–H groups in total. The quantitative estimate of drug-likeness (QED) is 0.442. The molecule has 2 aromatic rings. The fraction of sp³-hybridized carbons (Fsp3) is 0.429. The molecular formula is C14H19N3O2S. The Hall–Kier alpha value is -1.37. The zero-order chi connectivity index (χ0) is 14.2. The van der Waals surface area contributed by atoms with Gasteiger partial charge < -0.3 is 15.2 Å². The Morgan fingerprint density at radius 2 is 2.10 bits per heavy atom. The van der Waals surface area contributed by atoms with Crippen LogP contribution in [0.15, 0.2) is 29.4 Å². The van der Waals surface area contributed by atoms with E-state index in [9.17, 15) is 0 Å². The minimum absolute atomic E-state index is 0.0493. The summed E-state index contributed by atoms with van der Waals surface area (Å²) < 4.78 is 5.23. The summed E-state index contributed by atoms with van der Waals surface area (Å²) in [4.78, 5) is 9.08. The van der Waals surface area contributed by atoms with Crippen LogP contribution in [-0.4, -0.2) is 47.2 Å². The number of aliphatic hydroxyl groups excluding tert-OH is 1. The lowest BCUT2D eigenvalue weighted by molar-refractivity contribution is 0.0992. The summed E-state index contributed by atoms with van der Waals surface area (Å²) in [6, 6.07) is 7.95. The van der Waals surface area contributed by atoms with Crippen LogP contribution in [0, 0.1) is 0 Å². The monoisotopic (exact) mass is 293 g/mol. The Labute approximate surface area is 122 Å². The van der Waals surface area contributed by atoms with Crippen LogP contribution in [0.5, 0.6) is 0 Å². The van der Waals surface area contributed by atoms with E-state index in [1.807, 2.05) is 24.3 Å². The van der Waals surface area contributed by atoms with Gasteiger partial charge in [-0.2, -0.15) is 0 Å². The van der Waals surface area contributed by atoms with Crippen molar-refractivity contribution in [2.75, 3.05) is 37.4 Å². The molecule has 1 aromatic heterocycles. The molecule has 108 valence electrons. The summed E-state index contributed by atoms with van der Waals surface area (Å²) >= 11 is 1.63. The predicted molar refractivity (Wildman–Crippen MR) is 82.3 cm³/mol. The van der Waals surface area contributed by atoms with Gasteiger partial charge in [0.25, 0.3) is 0 Å². The lowest BCUT2D eigenvalue weighted by Gasteiger charge is -2.10. The van der Waals surface area contributed by atoms with Gasteiger partial charge >= 0.3 is 0 Å². The van der Waals surface area contributed by atoms with E-state index in [0.29, 0.717) is 19.8 Å². The highest BCUT2D eigenvalue weighted by Crippen LogP contribution is 2.23. The maximum Gasteiger partial charge on any atom is 0.190 e. The lowest BCUT2D eigenvalue weighted by Crippen LogP contribution is -2.12. The van der Waals surface area contributed by atoms with Crippen molar-refractivity contribution in [2.45, 2.75) is 12.1 Å². The Balaban J connectivity index is 2.12. The zero-order valence-corrected chi connectivity index (χ0v) is 12.3. The van der Waals surface area contributed by atoms with Gasteiger partial charge in [-0.1, -0.05) is 30.8 Å². The van der Waals surface area contributed by atoms with Crippen molar-refractivity contribution < 1.29 is 9.84 Å². The van der Waals surface area contributed by atoms with Crippen molar-refractivity contribution in [1.82, 2.24) is 9.97 Å². The van der Waals surface area contributed by atoms with Crippen molar-refractivity contribution in [3.05, 3.63) is 24.3 Å². The predicted octanol–water partition coefficient (Wildman–Crippen LogP) is 2.16. The second-order valence-corrected chi connectivity index (χ2v) is 5.30. The molecular weight excluding hydrogens is 274 g/mol. The van der Waals surface area contributed by atoms with Crippen LogP contribution < -0.4 is 5.32 Å². The maximum atomic E-state index is 8.65. The Bertz CT molecular complexity index is 551. The van der Waals surface area contributed by atoms with Gasteiger partial charge in [-0.3, -0.25) is 0 Å². The number of fused-ring (bicyclic) bond motifs is 1. The average molecular weight is 293 g/mol. The van der Waals surface area contributed by atoms with Gasteiger partial charge in [-0.15, -0.1) is 0 Å². The summed E-state index contributed by atoms with van der Waals surface area (Å²) in [7, 11) is 0. The van der Waals surface area contributed by atoms with Gasteiger partial charge in [0.15, 0.2) is 5.16 Å². The first-order valence-electron chi connectivity index (χ1n) is 6.67. The highest BCUT2D eigenvalue weighted by atomic mass is 32.2. The second-order valence-electron chi connectivity index (χ2n) is 4.07. The van der Waals surface area contributed by atoms with Crippen LogP contribution in [-0.2, 0) is 4.74 Å². The summed E-state index contributed by atoms with van der Waals surface area (Å²) in [5.41, 5.74) is 0.942. The van der Waals surface area contributed by atoms with Crippen LogP contribution in [0.1, 0.15) is 6.92 Å². The fourth-order valence-corrected chi connectivity index (χ4v) is 2.37. The molecule has 1 heterocycles. The normalized spacial score (nSPS) is 10.9. The number of nitrogens with one attached hydrogen (secondary N) is 1. The number of rotatable bonds is 8. The Morgan fingerprint density at radius 3 is 2.90 bits per heavy atom. The van der Waals surface area contributed by atoms with Crippen LogP contribution in [0.2, 0.25) is 0 Å². The van der Waals surface area contributed by atoms with Crippen LogP contribution in [0.25, 0.3) is 10.9 Å². The van der Waals surface area contributed by atoms with E-state index >= 15 is 0 Å². The van der Waals surface area contributed by atoms with Crippen LogP contribution >= 0.6 is 11.8 Å². The minimum Gasteiger partial charge on any atom is -0.394 e. The molecule has 0 saturated heterocycles. The van der Waals surface area contributed by atoms with Crippen LogP contribution in [0.3, 0.4) is 0 Å². The average Bonchev–Trinajstić information content (AvgIpc) is 2.47. The Kier molecular flexibility index (Phi) is 6.04.